The monoisotopic (exact) mass is 270 g/mol. The summed E-state index contributed by atoms with van der Waals surface area (Å²) in [5, 5.41) is 3.19. The predicted octanol–water partition coefficient (Wildman–Crippen LogP) is -0.179. The van der Waals surface area contributed by atoms with E-state index in [4.69, 9.17) is 0 Å². The quantitative estimate of drug-likeness (QED) is 0.818. The van der Waals surface area contributed by atoms with Crippen LogP contribution in [0.4, 0.5) is 5.82 Å². The zero-order chi connectivity index (χ0) is 13.0. The van der Waals surface area contributed by atoms with E-state index < -0.39 is 9.84 Å². The van der Waals surface area contributed by atoms with Crippen LogP contribution in [0, 0.1) is 0 Å². The molecule has 0 spiro atoms. The third-order valence-electron chi connectivity index (χ3n) is 2.90. The van der Waals surface area contributed by atoms with Gasteiger partial charge in [0.15, 0.2) is 9.84 Å². The topological polar surface area (TPSA) is 75.2 Å². The number of anilines is 1. The zero-order valence-corrected chi connectivity index (χ0v) is 11.3. The van der Waals surface area contributed by atoms with E-state index >= 15 is 0 Å². The lowest BCUT2D eigenvalue weighted by Crippen LogP contribution is -2.40. The summed E-state index contributed by atoms with van der Waals surface area (Å²) in [5.41, 5.74) is 0.878. The Morgan fingerprint density at radius 3 is 2.72 bits per heavy atom. The van der Waals surface area contributed by atoms with Gasteiger partial charge < -0.3 is 10.2 Å². The third kappa shape index (κ3) is 3.39. The fraction of sp³-hybridized carbons (Fsp3) is 0.636. The number of aromatic nitrogens is 2. The van der Waals surface area contributed by atoms with E-state index in [2.05, 4.69) is 15.3 Å². The molecule has 1 fully saturated rings. The summed E-state index contributed by atoms with van der Waals surface area (Å²) in [7, 11) is -2.85. The molecule has 6 nitrogen and oxygen atoms in total. The minimum Gasteiger partial charge on any atom is -0.353 e. The van der Waals surface area contributed by atoms with E-state index in [1.165, 1.54) is 0 Å². The fourth-order valence-electron chi connectivity index (χ4n) is 1.83. The van der Waals surface area contributed by atoms with Gasteiger partial charge in [-0.25, -0.2) is 13.4 Å². The van der Waals surface area contributed by atoms with E-state index in [9.17, 15) is 8.42 Å². The standard InChI is InChI=1S/C11H18N4O2S/c1-2-12-7-10-8-13-9-11(14-10)15-3-5-18(16,17)6-4-15/h8-9,12H,2-7H2,1H3. The molecule has 2 heterocycles. The van der Waals surface area contributed by atoms with Crippen molar-refractivity contribution in [3.05, 3.63) is 18.1 Å². The highest BCUT2D eigenvalue weighted by Gasteiger charge is 2.22. The second-order valence-corrected chi connectivity index (χ2v) is 6.59. The lowest BCUT2D eigenvalue weighted by molar-refractivity contribution is 0.586. The number of nitrogens with one attached hydrogen (secondary N) is 1. The second kappa shape index (κ2) is 5.62. The normalized spacial score (nSPS) is 18.8. The number of rotatable bonds is 4. The molecular formula is C11H18N4O2S. The lowest BCUT2D eigenvalue weighted by atomic mass is 10.4. The maximum Gasteiger partial charge on any atom is 0.153 e. The van der Waals surface area contributed by atoms with Crippen molar-refractivity contribution in [2.45, 2.75) is 13.5 Å². The van der Waals surface area contributed by atoms with Crippen LogP contribution in [0.5, 0.6) is 0 Å². The number of sulfone groups is 1. The fourth-order valence-corrected chi connectivity index (χ4v) is 3.03. The molecule has 0 atom stereocenters. The SMILES string of the molecule is CCNCc1cncc(N2CCS(=O)(=O)CC2)n1. The molecule has 1 aromatic rings. The summed E-state index contributed by atoms with van der Waals surface area (Å²) >= 11 is 0. The Hall–Kier alpha value is -1.21. The van der Waals surface area contributed by atoms with E-state index in [-0.39, 0.29) is 11.5 Å². The van der Waals surface area contributed by atoms with Crippen LogP contribution in [-0.4, -0.2) is 49.5 Å². The summed E-state index contributed by atoms with van der Waals surface area (Å²) < 4.78 is 22.7. The summed E-state index contributed by atoms with van der Waals surface area (Å²) in [5.74, 6) is 1.17. The van der Waals surface area contributed by atoms with Crippen LogP contribution in [0.25, 0.3) is 0 Å². The van der Waals surface area contributed by atoms with Crippen LogP contribution < -0.4 is 10.2 Å². The molecule has 18 heavy (non-hydrogen) atoms. The number of hydrogen-bond donors (Lipinski definition) is 1. The molecule has 0 bridgehead atoms. The Morgan fingerprint density at radius 1 is 1.33 bits per heavy atom. The molecule has 1 aliphatic rings. The molecule has 1 saturated heterocycles. The molecule has 0 radical (unpaired) electrons. The van der Waals surface area contributed by atoms with Gasteiger partial charge in [0.2, 0.25) is 0 Å². The minimum absolute atomic E-state index is 0.201. The van der Waals surface area contributed by atoms with Crippen LogP contribution in [0.2, 0.25) is 0 Å². The highest BCUT2D eigenvalue weighted by molar-refractivity contribution is 7.91. The predicted molar refractivity (Wildman–Crippen MR) is 70.3 cm³/mol. The first-order valence-corrected chi connectivity index (χ1v) is 7.90. The Labute approximate surface area is 107 Å². The van der Waals surface area contributed by atoms with Gasteiger partial charge in [-0.1, -0.05) is 6.92 Å². The molecule has 1 N–H and O–H groups in total. The average Bonchev–Trinajstić information content (AvgIpc) is 2.37. The third-order valence-corrected chi connectivity index (χ3v) is 4.51. The van der Waals surface area contributed by atoms with Crippen molar-refractivity contribution < 1.29 is 8.42 Å². The molecule has 0 unspecified atom stereocenters. The smallest absolute Gasteiger partial charge is 0.153 e. The van der Waals surface area contributed by atoms with E-state index in [1.807, 2.05) is 11.8 Å². The summed E-state index contributed by atoms with van der Waals surface area (Å²) in [6, 6.07) is 0. The van der Waals surface area contributed by atoms with Crippen LogP contribution in [0.15, 0.2) is 12.4 Å². The van der Waals surface area contributed by atoms with Crippen LogP contribution >= 0.6 is 0 Å². The van der Waals surface area contributed by atoms with Gasteiger partial charge >= 0.3 is 0 Å². The van der Waals surface area contributed by atoms with Crippen molar-refractivity contribution in [3.8, 4) is 0 Å². The molecular weight excluding hydrogens is 252 g/mol. The molecule has 2 rings (SSSR count). The molecule has 0 aromatic carbocycles. The van der Waals surface area contributed by atoms with Gasteiger partial charge in [0.05, 0.1) is 23.4 Å². The van der Waals surface area contributed by atoms with E-state index in [0.29, 0.717) is 19.6 Å². The first-order valence-electron chi connectivity index (χ1n) is 6.08. The highest BCUT2D eigenvalue weighted by Crippen LogP contribution is 2.13. The largest absolute Gasteiger partial charge is 0.353 e. The maximum atomic E-state index is 11.4. The van der Waals surface area contributed by atoms with Gasteiger partial charge in [0.1, 0.15) is 5.82 Å². The number of hydrogen-bond acceptors (Lipinski definition) is 6. The van der Waals surface area contributed by atoms with Gasteiger partial charge in [-0.2, -0.15) is 0 Å². The summed E-state index contributed by atoms with van der Waals surface area (Å²) in [6.07, 6.45) is 3.42. The maximum absolute atomic E-state index is 11.4. The molecule has 1 aliphatic heterocycles. The van der Waals surface area contributed by atoms with Gasteiger partial charge in [0.25, 0.3) is 0 Å². The lowest BCUT2D eigenvalue weighted by Gasteiger charge is -2.27. The van der Waals surface area contributed by atoms with E-state index in [0.717, 1.165) is 18.1 Å². The van der Waals surface area contributed by atoms with Crippen molar-refractivity contribution in [2.24, 2.45) is 0 Å². The Kier molecular flexibility index (Phi) is 4.13. The average molecular weight is 270 g/mol. The van der Waals surface area contributed by atoms with Crippen LogP contribution in [0.3, 0.4) is 0 Å². The first kappa shape index (κ1) is 13.2. The summed E-state index contributed by atoms with van der Waals surface area (Å²) in [6.45, 7) is 4.60. The van der Waals surface area contributed by atoms with Gasteiger partial charge in [-0.15, -0.1) is 0 Å². The van der Waals surface area contributed by atoms with Crippen molar-refractivity contribution in [3.63, 3.8) is 0 Å². The molecule has 7 heteroatoms. The molecule has 0 saturated carbocycles. The van der Waals surface area contributed by atoms with Crippen molar-refractivity contribution in [2.75, 3.05) is 36.0 Å². The Balaban J connectivity index is 2.05. The molecule has 0 amide bonds. The Morgan fingerprint density at radius 2 is 2.06 bits per heavy atom. The molecule has 1 aromatic heterocycles. The second-order valence-electron chi connectivity index (χ2n) is 4.29. The van der Waals surface area contributed by atoms with E-state index in [1.54, 1.807) is 12.4 Å². The van der Waals surface area contributed by atoms with Gasteiger partial charge in [0, 0.05) is 25.8 Å². The minimum atomic E-state index is -2.85. The highest BCUT2D eigenvalue weighted by atomic mass is 32.2. The summed E-state index contributed by atoms with van der Waals surface area (Å²) in [4.78, 5) is 10.6. The first-order chi connectivity index (χ1) is 8.61. The van der Waals surface area contributed by atoms with Crippen molar-refractivity contribution in [1.29, 1.82) is 0 Å². The molecule has 0 aliphatic carbocycles. The zero-order valence-electron chi connectivity index (χ0n) is 10.5. The van der Waals surface area contributed by atoms with Crippen LogP contribution in [-0.2, 0) is 16.4 Å². The number of nitrogens with zero attached hydrogens (tertiary/aromatic N) is 3. The molecule has 100 valence electrons. The van der Waals surface area contributed by atoms with Gasteiger partial charge in [-0.3, -0.25) is 4.98 Å². The Bertz CT molecular complexity index is 490. The van der Waals surface area contributed by atoms with Crippen molar-refractivity contribution in [1.82, 2.24) is 15.3 Å². The van der Waals surface area contributed by atoms with Crippen molar-refractivity contribution >= 4 is 15.7 Å². The van der Waals surface area contributed by atoms with Gasteiger partial charge in [-0.05, 0) is 6.54 Å². The van der Waals surface area contributed by atoms with Crippen LogP contribution in [0.1, 0.15) is 12.6 Å².